The van der Waals surface area contributed by atoms with Crippen LogP contribution in [0.15, 0.2) is 54.6 Å². The highest BCUT2D eigenvalue weighted by atomic mass is 16.5. The summed E-state index contributed by atoms with van der Waals surface area (Å²) in [5.41, 5.74) is 4.36. The summed E-state index contributed by atoms with van der Waals surface area (Å²) in [4.78, 5) is 12.4. The van der Waals surface area contributed by atoms with Gasteiger partial charge in [-0.25, -0.2) is 4.79 Å². The fourth-order valence-electron chi connectivity index (χ4n) is 2.68. The summed E-state index contributed by atoms with van der Waals surface area (Å²) < 4.78 is 12.1. The Morgan fingerprint density at radius 1 is 1.08 bits per heavy atom. The number of esters is 1. The number of benzene rings is 2. The maximum absolute atomic E-state index is 12.4. The Balaban J connectivity index is 1.95. The van der Waals surface area contributed by atoms with Crippen LogP contribution in [0.2, 0.25) is 0 Å². The first kappa shape index (κ1) is 17.7. The van der Waals surface area contributed by atoms with Gasteiger partial charge in [0.25, 0.3) is 0 Å². The first-order chi connectivity index (χ1) is 12.6. The van der Waals surface area contributed by atoms with Gasteiger partial charge in [-0.3, -0.25) is 4.68 Å². The molecule has 5 heteroatoms. The highest BCUT2D eigenvalue weighted by Crippen LogP contribution is 2.21. The molecular formula is C21H22N2O3. The summed E-state index contributed by atoms with van der Waals surface area (Å²) in [6.45, 7) is 4.63. The van der Waals surface area contributed by atoms with E-state index in [4.69, 9.17) is 9.47 Å². The molecule has 0 spiro atoms. The molecule has 5 nitrogen and oxygen atoms in total. The largest absolute Gasteiger partial charge is 0.497 e. The molecule has 0 amide bonds. The molecule has 0 atom stereocenters. The molecule has 0 unspecified atom stereocenters. The molecule has 0 fully saturated rings. The number of carbonyl (C=O) groups is 1. The zero-order chi connectivity index (χ0) is 18.5. The number of hydrogen-bond acceptors (Lipinski definition) is 4. The molecule has 0 aliphatic heterocycles. The lowest BCUT2D eigenvalue weighted by atomic mass is 10.1. The van der Waals surface area contributed by atoms with Crippen LogP contribution in [-0.2, 0) is 11.3 Å². The smallest absolute Gasteiger partial charge is 0.356 e. The summed E-state index contributed by atoms with van der Waals surface area (Å²) in [6, 6.07) is 17.6. The van der Waals surface area contributed by atoms with Gasteiger partial charge in [0.15, 0.2) is 0 Å². The van der Waals surface area contributed by atoms with Gasteiger partial charge < -0.3 is 9.47 Å². The molecule has 1 aromatic heterocycles. The fraction of sp³-hybridized carbons (Fsp3) is 0.238. The Bertz CT molecular complexity index is 881. The molecule has 134 valence electrons. The van der Waals surface area contributed by atoms with E-state index in [1.54, 1.807) is 24.8 Å². The van der Waals surface area contributed by atoms with Crippen LogP contribution in [0.1, 0.15) is 28.5 Å². The SMILES string of the molecule is CCOC(=O)c1cc(-c2ccc(C)cc2)nn1Cc1ccc(OC)cc1. The Hall–Kier alpha value is -3.08. The van der Waals surface area contributed by atoms with E-state index in [2.05, 4.69) is 5.10 Å². The van der Waals surface area contributed by atoms with E-state index in [0.717, 1.165) is 22.6 Å². The standard InChI is InChI=1S/C21H22N2O3/c1-4-26-21(24)20-13-19(17-9-5-15(2)6-10-17)22-23(20)14-16-7-11-18(25-3)12-8-16/h5-13H,4,14H2,1-3H3. The molecule has 0 saturated heterocycles. The van der Waals surface area contributed by atoms with Crippen LogP contribution in [0.3, 0.4) is 0 Å². The average Bonchev–Trinajstić information content (AvgIpc) is 3.07. The van der Waals surface area contributed by atoms with E-state index in [-0.39, 0.29) is 5.97 Å². The second kappa shape index (κ2) is 7.87. The van der Waals surface area contributed by atoms with Crippen LogP contribution in [0.25, 0.3) is 11.3 Å². The number of carbonyl (C=O) groups excluding carboxylic acids is 1. The van der Waals surface area contributed by atoms with Gasteiger partial charge in [-0.15, -0.1) is 0 Å². The van der Waals surface area contributed by atoms with E-state index >= 15 is 0 Å². The third-order valence-corrected chi connectivity index (χ3v) is 4.10. The first-order valence-corrected chi connectivity index (χ1v) is 8.55. The van der Waals surface area contributed by atoms with Crippen molar-refractivity contribution in [2.24, 2.45) is 0 Å². The second-order valence-corrected chi connectivity index (χ2v) is 6.01. The minimum atomic E-state index is -0.369. The molecule has 2 aromatic carbocycles. The zero-order valence-corrected chi connectivity index (χ0v) is 15.2. The number of methoxy groups -OCH3 is 1. The molecule has 0 aliphatic rings. The highest BCUT2D eigenvalue weighted by molar-refractivity contribution is 5.89. The molecule has 0 bridgehead atoms. The molecule has 26 heavy (non-hydrogen) atoms. The topological polar surface area (TPSA) is 53.3 Å². The molecule has 1 heterocycles. The summed E-state index contributed by atoms with van der Waals surface area (Å²) in [5, 5.41) is 4.64. The van der Waals surface area contributed by atoms with Gasteiger partial charge in [0.1, 0.15) is 11.4 Å². The second-order valence-electron chi connectivity index (χ2n) is 6.01. The molecule has 3 rings (SSSR count). The number of nitrogens with zero attached hydrogens (tertiary/aromatic N) is 2. The summed E-state index contributed by atoms with van der Waals surface area (Å²) in [7, 11) is 1.63. The van der Waals surface area contributed by atoms with Crippen molar-refractivity contribution in [2.75, 3.05) is 13.7 Å². The van der Waals surface area contributed by atoms with Gasteiger partial charge in [0, 0.05) is 5.56 Å². The van der Waals surface area contributed by atoms with Gasteiger partial charge in [-0.1, -0.05) is 42.0 Å². The van der Waals surface area contributed by atoms with Crippen molar-refractivity contribution < 1.29 is 14.3 Å². The molecule has 0 aliphatic carbocycles. The van der Waals surface area contributed by atoms with Gasteiger partial charge in [-0.05, 0) is 37.6 Å². The predicted molar refractivity (Wildman–Crippen MR) is 100 cm³/mol. The number of rotatable bonds is 6. The van der Waals surface area contributed by atoms with Gasteiger partial charge in [0.2, 0.25) is 0 Å². The Morgan fingerprint density at radius 3 is 2.38 bits per heavy atom. The van der Waals surface area contributed by atoms with E-state index in [0.29, 0.717) is 18.8 Å². The van der Waals surface area contributed by atoms with Crippen molar-refractivity contribution in [3.05, 3.63) is 71.4 Å². The summed E-state index contributed by atoms with van der Waals surface area (Å²) in [5.74, 6) is 0.423. The minimum Gasteiger partial charge on any atom is -0.497 e. The molecule has 0 radical (unpaired) electrons. The van der Waals surface area contributed by atoms with Crippen LogP contribution in [0.5, 0.6) is 5.75 Å². The van der Waals surface area contributed by atoms with E-state index in [1.807, 2.05) is 55.5 Å². The number of hydrogen-bond donors (Lipinski definition) is 0. The minimum absolute atomic E-state index is 0.326. The zero-order valence-electron chi connectivity index (χ0n) is 15.2. The third-order valence-electron chi connectivity index (χ3n) is 4.10. The molecule has 0 N–H and O–H groups in total. The van der Waals surface area contributed by atoms with Gasteiger partial charge in [0.05, 0.1) is 26.0 Å². The van der Waals surface area contributed by atoms with Crippen molar-refractivity contribution >= 4 is 5.97 Å². The van der Waals surface area contributed by atoms with Crippen molar-refractivity contribution in [3.8, 4) is 17.0 Å². The maximum Gasteiger partial charge on any atom is 0.356 e. The van der Waals surface area contributed by atoms with Gasteiger partial charge >= 0.3 is 5.97 Å². The van der Waals surface area contributed by atoms with E-state index in [9.17, 15) is 4.79 Å². The van der Waals surface area contributed by atoms with Crippen LogP contribution in [-0.4, -0.2) is 29.5 Å². The number of ether oxygens (including phenoxy) is 2. The Labute approximate surface area is 153 Å². The number of aryl methyl sites for hydroxylation is 1. The average molecular weight is 350 g/mol. The lowest BCUT2D eigenvalue weighted by Crippen LogP contribution is -2.14. The maximum atomic E-state index is 12.4. The van der Waals surface area contributed by atoms with Crippen molar-refractivity contribution in [2.45, 2.75) is 20.4 Å². The van der Waals surface area contributed by atoms with Crippen molar-refractivity contribution in [1.29, 1.82) is 0 Å². The Kier molecular flexibility index (Phi) is 5.37. The van der Waals surface area contributed by atoms with Crippen LogP contribution >= 0.6 is 0 Å². The first-order valence-electron chi connectivity index (χ1n) is 8.55. The van der Waals surface area contributed by atoms with Crippen LogP contribution < -0.4 is 4.74 Å². The molecule has 0 saturated carbocycles. The Morgan fingerprint density at radius 2 is 1.77 bits per heavy atom. The normalized spacial score (nSPS) is 10.6. The monoisotopic (exact) mass is 350 g/mol. The molecule has 3 aromatic rings. The quantitative estimate of drug-likeness (QED) is 0.628. The summed E-state index contributed by atoms with van der Waals surface area (Å²) >= 11 is 0. The van der Waals surface area contributed by atoms with E-state index in [1.165, 1.54) is 5.56 Å². The molecular weight excluding hydrogens is 328 g/mol. The van der Waals surface area contributed by atoms with Gasteiger partial charge in [-0.2, -0.15) is 5.10 Å². The fourth-order valence-corrected chi connectivity index (χ4v) is 2.68. The third kappa shape index (κ3) is 3.94. The summed E-state index contributed by atoms with van der Waals surface area (Å²) in [6.07, 6.45) is 0. The van der Waals surface area contributed by atoms with E-state index < -0.39 is 0 Å². The van der Waals surface area contributed by atoms with Crippen molar-refractivity contribution in [1.82, 2.24) is 9.78 Å². The predicted octanol–water partition coefficient (Wildman–Crippen LogP) is 4.09. The lowest BCUT2D eigenvalue weighted by Gasteiger charge is -2.08. The van der Waals surface area contributed by atoms with Crippen LogP contribution in [0.4, 0.5) is 0 Å². The number of aromatic nitrogens is 2. The highest BCUT2D eigenvalue weighted by Gasteiger charge is 2.17. The van der Waals surface area contributed by atoms with Crippen molar-refractivity contribution in [3.63, 3.8) is 0 Å². The lowest BCUT2D eigenvalue weighted by molar-refractivity contribution is 0.0512. The van der Waals surface area contributed by atoms with Crippen LogP contribution in [0, 0.1) is 6.92 Å².